The van der Waals surface area contributed by atoms with E-state index < -0.39 is 5.97 Å². The van der Waals surface area contributed by atoms with Crippen LogP contribution in [-0.2, 0) is 0 Å². The highest BCUT2D eigenvalue weighted by Crippen LogP contribution is 2.08. The van der Waals surface area contributed by atoms with E-state index in [1.807, 2.05) is 0 Å². The van der Waals surface area contributed by atoms with Gasteiger partial charge in [-0.15, -0.1) is 0 Å². The number of hydrogen-bond donors (Lipinski definition) is 2. The Kier molecular flexibility index (Phi) is 5.58. The van der Waals surface area contributed by atoms with Gasteiger partial charge in [-0.25, -0.2) is 9.78 Å². The third-order valence-electron chi connectivity index (χ3n) is 2.83. The minimum Gasteiger partial charge on any atom is -0.478 e. The number of likely N-dealkylation sites (N-methyl/N-ethyl adjacent to an activating group) is 1. The van der Waals surface area contributed by atoms with Gasteiger partial charge in [0.2, 0.25) is 0 Å². The third-order valence-corrected chi connectivity index (χ3v) is 2.83. The average Bonchev–Trinajstić information content (AvgIpc) is 2.36. The van der Waals surface area contributed by atoms with Crippen molar-refractivity contribution < 1.29 is 9.90 Å². The first-order chi connectivity index (χ1) is 8.56. The lowest BCUT2D eigenvalue weighted by molar-refractivity contribution is 0.0697. The van der Waals surface area contributed by atoms with Gasteiger partial charge in [-0.3, -0.25) is 0 Å². The topological polar surface area (TPSA) is 65.5 Å². The molecular weight excluding hydrogens is 230 g/mol. The number of carbonyl (C=O) groups is 1. The highest BCUT2D eigenvalue weighted by Gasteiger charge is 2.09. The normalized spacial score (nSPS) is 12.4. The van der Waals surface area contributed by atoms with Crippen molar-refractivity contribution in [1.29, 1.82) is 0 Å². The Morgan fingerprint density at radius 3 is 2.72 bits per heavy atom. The zero-order valence-corrected chi connectivity index (χ0v) is 11.2. The van der Waals surface area contributed by atoms with E-state index >= 15 is 0 Å². The van der Waals surface area contributed by atoms with Gasteiger partial charge >= 0.3 is 5.97 Å². The van der Waals surface area contributed by atoms with Crippen LogP contribution in [0.5, 0.6) is 0 Å². The van der Waals surface area contributed by atoms with E-state index in [9.17, 15) is 4.79 Å². The molecule has 0 amide bonds. The third kappa shape index (κ3) is 4.33. The van der Waals surface area contributed by atoms with Gasteiger partial charge < -0.3 is 15.3 Å². The van der Waals surface area contributed by atoms with E-state index in [2.05, 4.69) is 36.0 Å². The molecule has 0 saturated carbocycles. The summed E-state index contributed by atoms with van der Waals surface area (Å²) in [5.74, 6) is -0.327. The predicted molar refractivity (Wildman–Crippen MR) is 72.1 cm³/mol. The van der Waals surface area contributed by atoms with Crippen LogP contribution in [0.25, 0.3) is 0 Å². The van der Waals surface area contributed by atoms with Gasteiger partial charge in [-0.1, -0.05) is 13.8 Å². The quantitative estimate of drug-likeness (QED) is 0.775. The summed E-state index contributed by atoms with van der Waals surface area (Å²) < 4.78 is 0. The van der Waals surface area contributed by atoms with Crippen molar-refractivity contribution in [2.75, 3.05) is 25.0 Å². The monoisotopic (exact) mass is 251 g/mol. The molecule has 100 valence electrons. The molecule has 18 heavy (non-hydrogen) atoms. The zero-order valence-electron chi connectivity index (χ0n) is 11.2. The molecule has 1 heterocycles. The van der Waals surface area contributed by atoms with Crippen LogP contribution in [-0.4, -0.2) is 46.6 Å². The van der Waals surface area contributed by atoms with E-state index in [1.54, 1.807) is 6.07 Å². The van der Waals surface area contributed by atoms with Crippen molar-refractivity contribution in [1.82, 2.24) is 9.88 Å². The Morgan fingerprint density at radius 2 is 2.17 bits per heavy atom. The predicted octanol–water partition coefficient (Wildman–Crippen LogP) is 1.92. The fourth-order valence-electron chi connectivity index (χ4n) is 1.81. The van der Waals surface area contributed by atoms with Crippen LogP contribution < -0.4 is 5.32 Å². The maximum absolute atomic E-state index is 10.8. The van der Waals surface area contributed by atoms with Gasteiger partial charge in [-0.2, -0.15) is 0 Å². The fourth-order valence-corrected chi connectivity index (χ4v) is 1.81. The maximum atomic E-state index is 10.8. The number of aromatic carboxylic acids is 1. The molecule has 1 aromatic rings. The van der Waals surface area contributed by atoms with Crippen molar-refractivity contribution in [2.24, 2.45) is 0 Å². The van der Waals surface area contributed by atoms with E-state index in [4.69, 9.17) is 5.11 Å². The SMILES string of the molecule is CCN(CC)CC(C)Nc1cc(C(=O)O)ccn1. The van der Waals surface area contributed by atoms with Gasteiger partial charge in [0.05, 0.1) is 5.56 Å². The molecule has 1 aromatic heterocycles. The minimum atomic E-state index is -0.933. The van der Waals surface area contributed by atoms with Crippen LogP contribution in [0.2, 0.25) is 0 Å². The van der Waals surface area contributed by atoms with Crippen LogP contribution in [0, 0.1) is 0 Å². The van der Waals surface area contributed by atoms with E-state index in [1.165, 1.54) is 12.3 Å². The van der Waals surface area contributed by atoms with E-state index in [0.717, 1.165) is 19.6 Å². The number of nitrogens with one attached hydrogen (secondary N) is 1. The molecule has 1 rings (SSSR count). The summed E-state index contributed by atoms with van der Waals surface area (Å²) in [6, 6.07) is 3.27. The van der Waals surface area contributed by atoms with E-state index in [0.29, 0.717) is 5.82 Å². The van der Waals surface area contributed by atoms with Crippen molar-refractivity contribution >= 4 is 11.8 Å². The number of anilines is 1. The van der Waals surface area contributed by atoms with Crippen molar-refractivity contribution in [3.8, 4) is 0 Å². The summed E-state index contributed by atoms with van der Waals surface area (Å²) in [6.45, 7) is 9.23. The molecule has 0 bridgehead atoms. The number of aromatic nitrogens is 1. The molecule has 0 aliphatic heterocycles. The molecular formula is C13H21N3O2. The number of nitrogens with zero attached hydrogens (tertiary/aromatic N) is 2. The second kappa shape index (κ2) is 6.96. The lowest BCUT2D eigenvalue weighted by atomic mass is 10.2. The molecule has 5 nitrogen and oxygen atoms in total. The molecule has 1 atom stereocenters. The molecule has 0 radical (unpaired) electrons. The Balaban J connectivity index is 2.61. The smallest absolute Gasteiger partial charge is 0.335 e. The summed E-state index contributed by atoms with van der Waals surface area (Å²) in [5.41, 5.74) is 0.252. The molecule has 2 N–H and O–H groups in total. The molecule has 0 spiro atoms. The summed E-state index contributed by atoms with van der Waals surface area (Å²) in [7, 11) is 0. The number of hydrogen-bond acceptors (Lipinski definition) is 4. The largest absolute Gasteiger partial charge is 0.478 e. The first-order valence-corrected chi connectivity index (χ1v) is 6.25. The van der Waals surface area contributed by atoms with Crippen LogP contribution in [0.3, 0.4) is 0 Å². The van der Waals surface area contributed by atoms with Gasteiger partial charge in [0.1, 0.15) is 5.82 Å². The van der Waals surface area contributed by atoms with E-state index in [-0.39, 0.29) is 11.6 Å². The second-order valence-electron chi connectivity index (χ2n) is 4.27. The number of rotatable bonds is 7. The van der Waals surface area contributed by atoms with Gasteiger partial charge in [0.15, 0.2) is 0 Å². The Labute approximate surface area is 108 Å². The van der Waals surface area contributed by atoms with Crippen molar-refractivity contribution in [2.45, 2.75) is 26.8 Å². The first kappa shape index (κ1) is 14.4. The van der Waals surface area contributed by atoms with Gasteiger partial charge in [0.25, 0.3) is 0 Å². The van der Waals surface area contributed by atoms with Crippen molar-refractivity contribution in [3.63, 3.8) is 0 Å². The molecule has 0 aromatic carbocycles. The summed E-state index contributed by atoms with van der Waals surface area (Å²) in [5, 5.41) is 12.1. The van der Waals surface area contributed by atoms with Crippen LogP contribution in [0.1, 0.15) is 31.1 Å². The summed E-state index contributed by atoms with van der Waals surface area (Å²) in [4.78, 5) is 17.3. The Morgan fingerprint density at radius 1 is 1.50 bits per heavy atom. The standard InChI is InChI=1S/C13H21N3O2/c1-4-16(5-2)9-10(3)15-12-8-11(13(17)18)6-7-14-12/h6-8,10H,4-5,9H2,1-3H3,(H,14,15)(H,17,18). The van der Waals surface area contributed by atoms with Crippen LogP contribution >= 0.6 is 0 Å². The molecule has 0 saturated heterocycles. The summed E-state index contributed by atoms with van der Waals surface area (Å²) in [6.07, 6.45) is 1.51. The Bertz CT molecular complexity index is 392. The van der Waals surface area contributed by atoms with Gasteiger partial charge in [-0.05, 0) is 32.1 Å². The van der Waals surface area contributed by atoms with Crippen LogP contribution in [0.4, 0.5) is 5.82 Å². The summed E-state index contributed by atoms with van der Waals surface area (Å²) >= 11 is 0. The highest BCUT2D eigenvalue weighted by atomic mass is 16.4. The average molecular weight is 251 g/mol. The van der Waals surface area contributed by atoms with Gasteiger partial charge in [0, 0.05) is 18.8 Å². The molecule has 1 unspecified atom stereocenters. The zero-order chi connectivity index (χ0) is 13.5. The first-order valence-electron chi connectivity index (χ1n) is 6.25. The minimum absolute atomic E-state index is 0.224. The molecule has 0 aliphatic rings. The molecule has 5 heteroatoms. The van der Waals surface area contributed by atoms with Crippen LogP contribution in [0.15, 0.2) is 18.3 Å². The lowest BCUT2D eigenvalue weighted by Crippen LogP contribution is -2.34. The molecule has 0 aliphatic carbocycles. The second-order valence-corrected chi connectivity index (χ2v) is 4.27. The number of carboxylic acids is 1. The Hall–Kier alpha value is -1.62. The maximum Gasteiger partial charge on any atom is 0.335 e. The lowest BCUT2D eigenvalue weighted by Gasteiger charge is -2.23. The molecule has 0 fully saturated rings. The highest BCUT2D eigenvalue weighted by molar-refractivity contribution is 5.88. The number of pyridine rings is 1. The number of carboxylic acid groups (broad SMARTS) is 1. The van der Waals surface area contributed by atoms with Crippen molar-refractivity contribution in [3.05, 3.63) is 23.9 Å². The fraction of sp³-hybridized carbons (Fsp3) is 0.538.